The third-order valence-corrected chi connectivity index (χ3v) is 3.00. The second kappa shape index (κ2) is 7.20. The number of aliphatic carboxylic acids is 1. The first-order chi connectivity index (χ1) is 8.50. The Kier molecular flexibility index (Phi) is 5.91. The molecular formula is C12H22N2O4. The largest absolute Gasteiger partial charge is 0.480 e. The lowest BCUT2D eigenvalue weighted by molar-refractivity contribution is -0.140. The molecule has 0 aromatic heterocycles. The molecule has 1 aliphatic rings. The van der Waals surface area contributed by atoms with E-state index in [-0.39, 0.29) is 12.0 Å². The van der Waals surface area contributed by atoms with Crippen LogP contribution < -0.4 is 10.6 Å². The SMILES string of the molecule is CC(C)C(NC(=O)NCCC1CCCO1)C(=O)O. The van der Waals surface area contributed by atoms with Crippen LogP contribution in [0.15, 0.2) is 0 Å². The van der Waals surface area contributed by atoms with Crippen LogP contribution in [0.25, 0.3) is 0 Å². The maximum atomic E-state index is 11.5. The van der Waals surface area contributed by atoms with E-state index in [1.54, 1.807) is 13.8 Å². The van der Waals surface area contributed by atoms with Gasteiger partial charge in [0.25, 0.3) is 0 Å². The van der Waals surface area contributed by atoms with Crippen LogP contribution in [0.2, 0.25) is 0 Å². The molecule has 1 saturated heterocycles. The maximum Gasteiger partial charge on any atom is 0.326 e. The van der Waals surface area contributed by atoms with Crippen LogP contribution in [0.3, 0.4) is 0 Å². The molecule has 2 amide bonds. The zero-order valence-electron chi connectivity index (χ0n) is 10.9. The van der Waals surface area contributed by atoms with Crippen molar-refractivity contribution in [3.05, 3.63) is 0 Å². The van der Waals surface area contributed by atoms with Crippen molar-refractivity contribution in [2.75, 3.05) is 13.2 Å². The van der Waals surface area contributed by atoms with Crippen molar-refractivity contribution >= 4 is 12.0 Å². The standard InChI is InChI=1S/C12H22N2O4/c1-8(2)10(11(15)16)14-12(17)13-6-5-9-4-3-7-18-9/h8-10H,3-7H2,1-2H3,(H,15,16)(H2,13,14,17). The normalized spacial score (nSPS) is 20.7. The molecule has 18 heavy (non-hydrogen) atoms. The third-order valence-electron chi connectivity index (χ3n) is 3.00. The van der Waals surface area contributed by atoms with Gasteiger partial charge >= 0.3 is 12.0 Å². The van der Waals surface area contributed by atoms with E-state index in [1.165, 1.54) is 0 Å². The highest BCUT2D eigenvalue weighted by molar-refractivity contribution is 5.82. The average Bonchev–Trinajstić information content (AvgIpc) is 2.78. The van der Waals surface area contributed by atoms with Gasteiger partial charge in [0.2, 0.25) is 0 Å². The monoisotopic (exact) mass is 258 g/mol. The fraction of sp³-hybridized carbons (Fsp3) is 0.833. The van der Waals surface area contributed by atoms with E-state index in [1.807, 2.05) is 0 Å². The Morgan fingerprint density at radius 3 is 2.67 bits per heavy atom. The summed E-state index contributed by atoms with van der Waals surface area (Å²) in [6.45, 7) is 4.81. The van der Waals surface area contributed by atoms with Crippen molar-refractivity contribution in [3.63, 3.8) is 0 Å². The highest BCUT2D eigenvalue weighted by atomic mass is 16.5. The number of carboxylic acids is 1. The lowest BCUT2D eigenvalue weighted by atomic mass is 10.1. The summed E-state index contributed by atoms with van der Waals surface area (Å²) in [4.78, 5) is 22.4. The molecular weight excluding hydrogens is 236 g/mol. The van der Waals surface area contributed by atoms with Crippen molar-refractivity contribution in [1.29, 1.82) is 0 Å². The number of urea groups is 1. The van der Waals surface area contributed by atoms with E-state index < -0.39 is 18.0 Å². The molecule has 2 atom stereocenters. The van der Waals surface area contributed by atoms with Gasteiger partial charge in [-0.2, -0.15) is 0 Å². The number of carbonyl (C=O) groups is 2. The smallest absolute Gasteiger partial charge is 0.326 e. The molecule has 3 N–H and O–H groups in total. The van der Waals surface area contributed by atoms with Crippen LogP contribution in [0.5, 0.6) is 0 Å². The number of carbonyl (C=O) groups excluding carboxylic acids is 1. The first-order valence-corrected chi connectivity index (χ1v) is 6.39. The molecule has 1 aliphatic heterocycles. The van der Waals surface area contributed by atoms with Crippen molar-refractivity contribution < 1.29 is 19.4 Å². The maximum absolute atomic E-state index is 11.5. The topological polar surface area (TPSA) is 87.7 Å². The van der Waals surface area contributed by atoms with Gasteiger partial charge < -0.3 is 20.5 Å². The molecule has 1 rings (SSSR count). The summed E-state index contributed by atoms with van der Waals surface area (Å²) < 4.78 is 5.43. The van der Waals surface area contributed by atoms with Gasteiger partial charge in [0, 0.05) is 13.2 Å². The molecule has 0 spiro atoms. The summed E-state index contributed by atoms with van der Waals surface area (Å²) in [6.07, 6.45) is 3.11. The second-order valence-electron chi connectivity index (χ2n) is 4.88. The fourth-order valence-corrected chi connectivity index (χ4v) is 1.92. The van der Waals surface area contributed by atoms with Crippen LogP contribution in [0.4, 0.5) is 4.79 Å². The van der Waals surface area contributed by atoms with Gasteiger partial charge in [0.15, 0.2) is 0 Å². The van der Waals surface area contributed by atoms with Crippen LogP contribution in [-0.2, 0) is 9.53 Å². The molecule has 6 nitrogen and oxygen atoms in total. The van der Waals surface area contributed by atoms with Gasteiger partial charge in [-0.25, -0.2) is 9.59 Å². The molecule has 0 aromatic carbocycles. The van der Waals surface area contributed by atoms with E-state index in [2.05, 4.69) is 10.6 Å². The summed E-state index contributed by atoms with van der Waals surface area (Å²) in [7, 11) is 0. The fourth-order valence-electron chi connectivity index (χ4n) is 1.92. The van der Waals surface area contributed by atoms with Crippen LogP contribution in [0.1, 0.15) is 33.1 Å². The first kappa shape index (κ1) is 14.8. The van der Waals surface area contributed by atoms with Gasteiger partial charge in [0.05, 0.1) is 6.10 Å². The lowest BCUT2D eigenvalue weighted by Crippen LogP contribution is -2.48. The second-order valence-corrected chi connectivity index (χ2v) is 4.88. The Morgan fingerprint density at radius 2 is 2.17 bits per heavy atom. The Labute approximate surface area is 107 Å². The molecule has 6 heteroatoms. The predicted octanol–water partition coefficient (Wildman–Crippen LogP) is 0.964. The number of hydrogen-bond acceptors (Lipinski definition) is 3. The van der Waals surface area contributed by atoms with Crippen LogP contribution in [-0.4, -0.2) is 42.4 Å². The van der Waals surface area contributed by atoms with Gasteiger partial charge in [-0.3, -0.25) is 0 Å². The van der Waals surface area contributed by atoms with Gasteiger partial charge in [0.1, 0.15) is 6.04 Å². The molecule has 0 aromatic rings. The van der Waals surface area contributed by atoms with Gasteiger partial charge in [-0.1, -0.05) is 13.8 Å². The third kappa shape index (κ3) is 4.91. The van der Waals surface area contributed by atoms with Gasteiger partial charge in [-0.15, -0.1) is 0 Å². The summed E-state index contributed by atoms with van der Waals surface area (Å²) in [5, 5.41) is 14.0. The van der Waals surface area contributed by atoms with Crippen LogP contribution in [0, 0.1) is 5.92 Å². The predicted molar refractivity (Wildman–Crippen MR) is 66.4 cm³/mol. The Balaban J connectivity index is 2.21. The average molecular weight is 258 g/mol. The molecule has 0 radical (unpaired) electrons. The summed E-state index contributed by atoms with van der Waals surface area (Å²) >= 11 is 0. The first-order valence-electron chi connectivity index (χ1n) is 6.39. The van der Waals surface area contributed by atoms with Crippen molar-refractivity contribution in [3.8, 4) is 0 Å². The van der Waals surface area contributed by atoms with E-state index in [0.29, 0.717) is 6.54 Å². The molecule has 2 unspecified atom stereocenters. The van der Waals surface area contributed by atoms with Crippen molar-refractivity contribution in [2.24, 2.45) is 5.92 Å². The molecule has 104 valence electrons. The quantitative estimate of drug-likeness (QED) is 0.662. The Hall–Kier alpha value is -1.30. The van der Waals surface area contributed by atoms with Crippen molar-refractivity contribution in [1.82, 2.24) is 10.6 Å². The summed E-state index contributed by atoms with van der Waals surface area (Å²) in [5.74, 6) is -1.16. The number of rotatable bonds is 6. The highest BCUT2D eigenvalue weighted by Crippen LogP contribution is 2.14. The number of carboxylic acid groups (broad SMARTS) is 1. The van der Waals surface area contributed by atoms with Crippen LogP contribution >= 0.6 is 0 Å². The van der Waals surface area contributed by atoms with E-state index >= 15 is 0 Å². The number of nitrogens with one attached hydrogen (secondary N) is 2. The number of hydrogen-bond donors (Lipinski definition) is 3. The molecule has 1 fully saturated rings. The highest BCUT2D eigenvalue weighted by Gasteiger charge is 2.23. The lowest BCUT2D eigenvalue weighted by Gasteiger charge is -2.18. The van der Waals surface area contributed by atoms with E-state index in [9.17, 15) is 9.59 Å². The Morgan fingerprint density at radius 1 is 1.44 bits per heavy atom. The number of amides is 2. The minimum atomic E-state index is -1.01. The summed E-state index contributed by atoms with van der Waals surface area (Å²) in [6, 6.07) is -1.29. The zero-order chi connectivity index (χ0) is 13.5. The molecule has 0 bridgehead atoms. The zero-order valence-corrected chi connectivity index (χ0v) is 10.9. The minimum Gasteiger partial charge on any atom is -0.480 e. The Bertz CT molecular complexity index is 288. The van der Waals surface area contributed by atoms with Gasteiger partial charge in [-0.05, 0) is 25.2 Å². The molecule has 1 heterocycles. The summed E-state index contributed by atoms with van der Waals surface area (Å²) in [5.41, 5.74) is 0. The number of ether oxygens (including phenoxy) is 1. The molecule has 0 saturated carbocycles. The molecule has 0 aliphatic carbocycles. The van der Waals surface area contributed by atoms with E-state index in [0.717, 1.165) is 25.9 Å². The minimum absolute atomic E-state index is 0.147. The van der Waals surface area contributed by atoms with E-state index in [4.69, 9.17) is 9.84 Å². The van der Waals surface area contributed by atoms with Crippen molar-refractivity contribution in [2.45, 2.75) is 45.3 Å².